The third-order valence-electron chi connectivity index (χ3n) is 2.39. The van der Waals surface area contributed by atoms with Crippen LogP contribution in [0.25, 0.3) is 0 Å². The molecule has 0 aromatic heterocycles. The van der Waals surface area contributed by atoms with Gasteiger partial charge in [-0.15, -0.1) is 0 Å². The van der Waals surface area contributed by atoms with Crippen molar-refractivity contribution >= 4 is 49.4 Å². The molecule has 0 heterocycles. The Balaban J connectivity index is 2.39. The van der Waals surface area contributed by atoms with Gasteiger partial charge in [0.2, 0.25) is 0 Å². The van der Waals surface area contributed by atoms with E-state index in [1.165, 1.54) is 12.1 Å². The Labute approximate surface area is 135 Å². The van der Waals surface area contributed by atoms with E-state index < -0.39 is 11.8 Å². The predicted molar refractivity (Wildman–Crippen MR) is 80.3 cm³/mol. The van der Waals surface area contributed by atoms with Crippen LogP contribution in [0.5, 0.6) is 11.5 Å². The van der Waals surface area contributed by atoms with E-state index >= 15 is 0 Å². The second-order valence-corrected chi connectivity index (χ2v) is 5.84. The van der Waals surface area contributed by atoms with Gasteiger partial charge < -0.3 is 9.84 Å². The van der Waals surface area contributed by atoms with E-state index in [0.717, 1.165) is 4.47 Å². The fourth-order valence-corrected chi connectivity index (χ4v) is 2.66. The number of ether oxygens (including phenoxy) is 1. The summed E-state index contributed by atoms with van der Waals surface area (Å²) in [7, 11) is 0. The third kappa shape index (κ3) is 3.13. The number of benzene rings is 2. The zero-order valence-corrected chi connectivity index (χ0v) is 13.6. The molecule has 3 nitrogen and oxygen atoms in total. The van der Waals surface area contributed by atoms with Crippen molar-refractivity contribution in [3.63, 3.8) is 0 Å². The number of aromatic carboxylic acids is 1. The minimum atomic E-state index is -1.23. The summed E-state index contributed by atoms with van der Waals surface area (Å²) in [5, 5.41) is 9.18. The molecule has 0 aliphatic carbocycles. The normalized spacial score (nSPS) is 10.4. The lowest BCUT2D eigenvalue weighted by Crippen LogP contribution is -2.00. The first-order valence-electron chi connectivity index (χ1n) is 5.24. The van der Waals surface area contributed by atoms with Crippen molar-refractivity contribution in [2.45, 2.75) is 0 Å². The molecule has 0 saturated heterocycles. The van der Waals surface area contributed by atoms with Crippen LogP contribution in [-0.4, -0.2) is 11.1 Å². The monoisotopic (exact) mass is 422 g/mol. The van der Waals surface area contributed by atoms with E-state index in [2.05, 4.69) is 31.9 Å². The van der Waals surface area contributed by atoms with E-state index in [0.29, 0.717) is 5.02 Å². The zero-order valence-electron chi connectivity index (χ0n) is 9.66. The Morgan fingerprint density at radius 1 is 1.20 bits per heavy atom. The molecule has 1 N–H and O–H groups in total. The lowest BCUT2D eigenvalue weighted by molar-refractivity contribution is 0.0695. The van der Waals surface area contributed by atoms with E-state index in [1.807, 2.05) is 0 Å². The van der Waals surface area contributed by atoms with Crippen LogP contribution < -0.4 is 4.74 Å². The SMILES string of the molecule is O=C(O)c1ccc(Oc2ccc(Br)cc2Cl)c(F)c1Br. The Kier molecular flexibility index (Phi) is 4.67. The van der Waals surface area contributed by atoms with Crippen molar-refractivity contribution in [1.29, 1.82) is 0 Å². The maximum atomic E-state index is 14.0. The van der Waals surface area contributed by atoms with Crippen molar-refractivity contribution in [2.75, 3.05) is 0 Å². The minimum absolute atomic E-state index is 0.119. The van der Waals surface area contributed by atoms with Gasteiger partial charge >= 0.3 is 5.97 Å². The predicted octanol–water partition coefficient (Wildman–Crippen LogP) is 5.49. The molecule has 0 bridgehead atoms. The number of rotatable bonds is 3. The molecule has 0 radical (unpaired) electrons. The molecule has 2 aromatic carbocycles. The van der Waals surface area contributed by atoms with Crippen LogP contribution in [-0.2, 0) is 0 Å². The van der Waals surface area contributed by atoms with E-state index in [9.17, 15) is 9.18 Å². The fourth-order valence-electron chi connectivity index (χ4n) is 1.45. The van der Waals surface area contributed by atoms with Crippen molar-refractivity contribution in [3.05, 3.63) is 55.7 Å². The van der Waals surface area contributed by atoms with Crippen LogP contribution >= 0.6 is 43.5 Å². The van der Waals surface area contributed by atoms with Crippen LogP contribution in [0.15, 0.2) is 39.3 Å². The van der Waals surface area contributed by atoms with Crippen LogP contribution in [0.1, 0.15) is 10.4 Å². The third-order valence-corrected chi connectivity index (χ3v) is 3.96. The highest BCUT2D eigenvalue weighted by molar-refractivity contribution is 9.10. The smallest absolute Gasteiger partial charge is 0.336 e. The van der Waals surface area contributed by atoms with Crippen LogP contribution in [0, 0.1) is 5.82 Å². The van der Waals surface area contributed by atoms with Gasteiger partial charge in [-0.1, -0.05) is 27.5 Å². The average molecular weight is 424 g/mol. The summed E-state index contributed by atoms with van der Waals surface area (Å²) in [6.45, 7) is 0. The topological polar surface area (TPSA) is 46.5 Å². The highest BCUT2D eigenvalue weighted by Crippen LogP contribution is 2.35. The molecule has 2 aromatic rings. The molecular weight excluding hydrogens is 418 g/mol. The Bertz CT molecular complexity index is 692. The number of carboxylic acid groups (broad SMARTS) is 1. The molecule has 0 aliphatic rings. The van der Waals surface area contributed by atoms with Gasteiger partial charge in [-0.2, -0.15) is 0 Å². The molecule has 0 aliphatic heterocycles. The lowest BCUT2D eigenvalue weighted by Gasteiger charge is -2.10. The Hall–Kier alpha value is -1.11. The second kappa shape index (κ2) is 6.11. The van der Waals surface area contributed by atoms with Crippen LogP contribution in [0.3, 0.4) is 0 Å². The maximum absolute atomic E-state index is 14.0. The number of hydrogen-bond donors (Lipinski definition) is 1. The van der Waals surface area contributed by atoms with Crippen molar-refractivity contribution in [2.24, 2.45) is 0 Å². The summed E-state index contributed by atoms with van der Waals surface area (Å²) in [4.78, 5) is 10.9. The highest BCUT2D eigenvalue weighted by atomic mass is 79.9. The van der Waals surface area contributed by atoms with Gasteiger partial charge in [0, 0.05) is 4.47 Å². The van der Waals surface area contributed by atoms with Crippen molar-refractivity contribution in [3.8, 4) is 11.5 Å². The van der Waals surface area contributed by atoms with E-state index in [4.69, 9.17) is 21.4 Å². The fraction of sp³-hybridized carbons (Fsp3) is 0. The first kappa shape index (κ1) is 15.3. The molecule has 0 spiro atoms. The van der Waals surface area contributed by atoms with Gasteiger partial charge in [0.1, 0.15) is 5.75 Å². The average Bonchev–Trinajstić information content (AvgIpc) is 2.37. The Morgan fingerprint density at radius 3 is 2.45 bits per heavy atom. The quantitative estimate of drug-likeness (QED) is 0.708. The van der Waals surface area contributed by atoms with E-state index in [-0.39, 0.29) is 21.5 Å². The standard InChI is InChI=1S/C13H6Br2ClFO3/c14-6-1-3-9(8(16)5-6)20-10-4-2-7(13(18)19)11(15)12(10)17/h1-5H,(H,18,19). The van der Waals surface area contributed by atoms with Crippen molar-refractivity contribution < 1.29 is 19.0 Å². The number of carboxylic acids is 1. The molecule has 0 saturated carbocycles. The molecule has 20 heavy (non-hydrogen) atoms. The zero-order chi connectivity index (χ0) is 14.9. The van der Waals surface area contributed by atoms with E-state index in [1.54, 1.807) is 18.2 Å². The van der Waals surface area contributed by atoms with Gasteiger partial charge in [-0.05, 0) is 46.3 Å². The number of hydrogen-bond acceptors (Lipinski definition) is 2. The molecule has 7 heteroatoms. The summed E-state index contributed by atoms with van der Waals surface area (Å²) >= 11 is 12.1. The summed E-state index contributed by atoms with van der Waals surface area (Å²) < 4.78 is 20.0. The van der Waals surface area contributed by atoms with Crippen LogP contribution in [0.4, 0.5) is 4.39 Å². The first-order chi connectivity index (χ1) is 9.40. The van der Waals surface area contributed by atoms with Gasteiger partial charge in [0.15, 0.2) is 11.6 Å². The Morgan fingerprint density at radius 2 is 1.85 bits per heavy atom. The minimum Gasteiger partial charge on any atom is -0.478 e. The largest absolute Gasteiger partial charge is 0.478 e. The molecule has 104 valence electrons. The molecule has 0 unspecified atom stereocenters. The lowest BCUT2D eigenvalue weighted by atomic mass is 10.2. The van der Waals surface area contributed by atoms with Gasteiger partial charge in [0.25, 0.3) is 0 Å². The molecule has 0 amide bonds. The molecule has 0 fully saturated rings. The molecule has 2 rings (SSSR count). The number of halogens is 4. The maximum Gasteiger partial charge on any atom is 0.336 e. The summed E-state index contributed by atoms with van der Waals surface area (Å²) in [5.41, 5.74) is -0.184. The van der Waals surface area contributed by atoms with Crippen LogP contribution in [0.2, 0.25) is 5.02 Å². The summed E-state index contributed by atoms with van der Waals surface area (Å²) in [6.07, 6.45) is 0. The van der Waals surface area contributed by atoms with Gasteiger partial charge in [-0.3, -0.25) is 0 Å². The summed E-state index contributed by atoms with van der Waals surface area (Å²) in [6, 6.07) is 7.36. The molecule has 0 atom stereocenters. The highest BCUT2D eigenvalue weighted by Gasteiger charge is 2.17. The first-order valence-corrected chi connectivity index (χ1v) is 7.20. The van der Waals surface area contributed by atoms with Gasteiger partial charge in [-0.25, -0.2) is 9.18 Å². The van der Waals surface area contributed by atoms with Gasteiger partial charge in [0.05, 0.1) is 15.1 Å². The number of carbonyl (C=O) groups is 1. The summed E-state index contributed by atoms with van der Waals surface area (Å²) in [5.74, 6) is -1.89. The van der Waals surface area contributed by atoms with Crippen molar-refractivity contribution in [1.82, 2.24) is 0 Å². The second-order valence-electron chi connectivity index (χ2n) is 3.72. The molecular formula is C13H6Br2ClFO3.